The highest BCUT2D eigenvalue weighted by atomic mass is 16.7. The monoisotopic (exact) mass is 374 g/mol. The van der Waals surface area contributed by atoms with Gasteiger partial charge in [-0.25, -0.2) is 0 Å². The molecule has 2 aliphatic rings. The van der Waals surface area contributed by atoms with Gasteiger partial charge in [0.1, 0.15) is 6.61 Å². The van der Waals surface area contributed by atoms with Gasteiger partial charge in [-0.2, -0.15) is 0 Å². The van der Waals surface area contributed by atoms with Crippen LogP contribution in [0.2, 0.25) is 0 Å². The van der Waals surface area contributed by atoms with Gasteiger partial charge in [-0.3, -0.25) is 4.79 Å². The van der Waals surface area contributed by atoms with Crippen molar-refractivity contribution in [3.63, 3.8) is 0 Å². The topological polar surface area (TPSA) is 60.0 Å². The predicted molar refractivity (Wildman–Crippen MR) is 107 cm³/mol. The Morgan fingerprint density at radius 3 is 2.44 bits per heavy atom. The zero-order valence-corrected chi connectivity index (χ0v) is 17.1. The van der Waals surface area contributed by atoms with Crippen molar-refractivity contribution < 1.29 is 18.8 Å². The lowest BCUT2D eigenvalue weighted by atomic mass is 9.79. The lowest BCUT2D eigenvalue weighted by molar-refractivity contribution is -0.125. The number of ether oxygens (including phenoxy) is 1. The van der Waals surface area contributed by atoms with Gasteiger partial charge in [0.05, 0.1) is 11.2 Å². The SMILES string of the molecule is COCC(=O)NC1CCN(c2cccc(B3OC(C)(C)C(C)(C)O3)c2)CC1. The normalized spacial score (nSPS) is 22.1. The number of hydrogen-bond donors (Lipinski definition) is 1. The van der Waals surface area contributed by atoms with Crippen LogP contribution in [-0.4, -0.2) is 57.1 Å². The molecule has 27 heavy (non-hydrogen) atoms. The van der Waals surface area contributed by atoms with E-state index < -0.39 is 0 Å². The maximum atomic E-state index is 11.7. The van der Waals surface area contributed by atoms with Crippen LogP contribution in [0.4, 0.5) is 5.69 Å². The Bertz CT molecular complexity index is 656. The summed E-state index contributed by atoms with van der Waals surface area (Å²) in [5.74, 6) is -0.0429. The highest BCUT2D eigenvalue weighted by molar-refractivity contribution is 6.62. The van der Waals surface area contributed by atoms with Gasteiger partial charge in [0, 0.05) is 31.9 Å². The van der Waals surface area contributed by atoms with E-state index >= 15 is 0 Å². The third-order valence-corrected chi connectivity index (χ3v) is 5.90. The molecule has 1 N–H and O–H groups in total. The number of hydrogen-bond acceptors (Lipinski definition) is 5. The Morgan fingerprint density at radius 1 is 1.22 bits per heavy atom. The highest BCUT2D eigenvalue weighted by Crippen LogP contribution is 2.36. The van der Waals surface area contributed by atoms with Gasteiger partial charge in [0.2, 0.25) is 5.91 Å². The molecule has 2 heterocycles. The van der Waals surface area contributed by atoms with E-state index in [-0.39, 0.29) is 36.9 Å². The molecule has 1 amide bonds. The molecule has 2 fully saturated rings. The summed E-state index contributed by atoms with van der Waals surface area (Å²) in [5, 5.41) is 3.04. The smallest absolute Gasteiger partial charge is 0.399 e. The Labute approximate surface area is 162 Å². The van der Waals surface area contributed by atoms with Gasteiger partial charge in [-0.1, -0.05) is 12.1 Å². The molecule has 0 unspecified atom stereocenters. The Hall–Kier alpha value is -1.57. The van der Waals surface area contributed by atoms with E-state index in [2.05, 4.69) is 62.2 Å². The summed E-state index contributed by atoms with van der Waals surface area (Å²) in [6.45, 7) is 10.2. The largest absolute Gasteiger partial charge is 0.494 e. The van der Waals surface area contributed by atoms with E-state index in [0.29, 0.717) is 0 Å². The van der Waals surface area contributed by atoms with Crippen molar-refractivity contribution in [3.8, 4) is 0 Å². The molecule has 2 aliphatic heterocycles. The van der Waals surface area contributed by atoms with Crippen LogP contribution in [0.15, 0.2) is 24.3 Å². The van der Waals surface area contributed by atoms with E-state index in [0.717, 1.165) is 31.4 Å². The summed E-state index contributed by atoms with van der Waals surface area (Å²) in [5.41, 5.74) is 1.53. The number of carbonyl (C=O) groups is 1. The Morgan fingerprint density at radius 2 is 1.85 bits per heavy atom. The fraction of sp³-hybridized carbons (Fsp3) is 0.650. The molecule has 0 bridgehead atoms. The Kier molecular flexibility index (Phi) is 5.84. The lowest BCUT2D eigenvalue weighted by Gasteiger charge is -2.34. The molecule has 7 heteroatoms. The second-order valence-corrected chi connectivity index (χ2v) is 8.45. The van der Waals surface area contributed by atoms with Gasteiger partial charge >= 0.3 is 7.12 Å². The van der Waals surface area contributed by atoms with E-state index in [1.165, 1.54) is 12.8 Å². The van der Waals surface area contributed by atoms with Crippen molar-refractivity contribution in [2.45, 2.75) is 57.8 Å². The second kappa shape index (κ2) is 7.82. The molecule has 148 valence electrons. The number of amides is 1. The van der Waals surface area contributed by atoms with Crippen molar-refractivity contribution >= 4 is 24.2 Å². The van der Waals surface area contributed by atoms with E-state index in [1.807, 2.05) is 0 Å². The maximum Gasteiger partial charge on any atom is 0.494 e. The van der Waals surface area contributed by atoms with Gasteiger partial charge in [0.25, 0.3) is 0 Å². The molecule has 0 radical (unpaired) electrons. The zero-order valence-electron chi connectivity index (χ0n) is 17.1. The summed E-state index contributed by atoms with van der Waals surface area (Å²) in [6.07, 6.45) is 1.85. The second-order valence-electron chi connectivity index (χ2n) is 8.45. The number of piperidine rings is 1. The summed E-state index contributed by atoms with van der Waals surface area (Å²) in [7, 11) is 1.19. The minimum absolute atomic E-state index is 0.0429. The highest BCUT2D eigenvalue weighted by Gasteiger charge is 2.51. The number of carbonyl (C=O) groups excluding carboxylic acids is 1. The maximum absolute atomic E-state index is 11.7. The van der Waals surface area contributed by atoms with E-state index in [1.54, 1.807) is 0 Å². The molecule has 6 nitrogen and oxygen atoms in total. The van der Waals surface area contributed by atoms with Gasteiger partial charge in [-0.05, 0) is 58.1 Å². The van der Waals surface area contributed by atoms with Crippen LogP contribution < -0.4 is 15.7 Å². The quantitative estimate of drug-likeness (QED) is 0.796. The molecule has 3 rings (SSSR count). The number of anilines is 1. The van der Waals surface area contributed by atoms with Crippen LogP contribution in [0.25, 0.3) is 0 Å². The molecule has 0 atom stereocenters. The number of nitrogens with zero attached hydrogens (tertiary/aromatic N) is 1. The van der Waals surface area contributed by atoms with E-state index in [9.17, 15) is 4.79 Å². The van der Waals surface area contributed by atoms with E-state index in [4.69, 9.17) is 14.0 Å². The minimum atomic E-state index is -0.346. The third-order valence-electron chi connectivity index (χ3n) is 5.90. The van der Waals surface area contributed by atoms with Crippen LogP contribution in [0.5, 0.6) is 0 Å². The number of methoxy groups -OCH3 is 1. The van der Waals surface area contributed by atoms with Crippen molar-refractivity contribution in [3.05, 3.63) is 24.3 Å². The predicted octanol–water partition coefficient (Wildman–Crippen LogP) is 1.72. The summed E-state index contributed by atoms with van der Waals surface area (Å²) in [6, 6.07) is 8.62. The Balaban J connectivity index is 1.62. The lowest BCUT2D eigenvalue weighted by Crippen LogP contribution is -2.46. The first-order valence-electron chi connectivity index (χ1n) is 9.71. The fourth-order valence-corrected chi connectivity index (χ4v) is 3.53. The first-order valence-corrected chi connectivity index (χ1v) is 9.71. The van der Waals surface area contributed by atoms with Gasteiger partial charge in [-0.15, -0.1) is 0 Å². The molecule has 2 saturated heterocycles. The summed E-state index contributed by atoms with van der Waals surface area (Å²) < 4.78 is 17.2. The minimum Gasteiger partial charge on any atom is -0.399 e. The number of benzene rings is 1. The van der Waals surface area contributed by atoms with Crippen LogP contribution >= 0.6 is 0 Å². The average molecular weight is 374 g/mol. The number of nitrogens with one attached hydrogen (secondary N) is 1. The zero-order chi connectivity index (χ0) is 19.7. The third kappa shape index (κ3) is 4.47. The molecular formula is C20H31BN2O4. The fourth-order valence-electron chi connectivity index (χ4n) is 3.53. The summed E-state index contributed by atoms with van der Waals surface area (Å²) in [4.78, 5) is 14.0. The molecule has 1 aromatic rings. The first-order chi connectivity index (χ1) is 12.7. The van der Waals surface area contributed by atoms with Crippen LogP contribution in [0.3, 0.4) is 0 Å². The molecular weight excluding hydrogens is 343 g/mol. The van der Waals surface area contributed by atoms with Gasteiger partial charge in [0.15, 0.2) is 0 Å². The number of rotatable bonds is 5. The van der Waals surface area contributed by atoms with Crippen molar-refractivity contribution in [1.82, 2.24) is 5.32 Å². The van der Waals surface area contributed by atoms with Crippen LogP contribution in [0.1, 0.15) is 40.5 Å². The molecule has 1 aromatic carbocycles. The van der Waals surface area contributed by atoms with Crippen molar-refractivity contribution in [2.24, 2.45) is 0 Å². The standard InChI is InChI=1S/C20H31BN2O4/c1-19(2)20(3,4)27-21(26-19)15-7-6-8-17(13-15)23-11-9-16(10-12-23)22-18(24)14-25-5/h6-8,13,16H,9-12,14H2,1-5H3,(H,22,24). The average Bonchev–Trinajstić information content (AvgIpc) is 2.84. The first kappa shape index (κ1) is 20.2. The van der Waals surface area contributed by atoms with Crippen molar-refractivity contribution in [1.29, 1.82) is 0 Å². The van der Waals surface area contributed by atoms with Crippen molar-refractivity contribution in [2.75, 3.05) is 31.7 Å². The molecule has 0 saturated carbocycles. The molecule has 0 aliphatic carbocycles. The van der Waals surface area contributed by atoms with Crippen LogP contribution in [0, 0.1) is 0 Å². The summed E-state index contributed by atoms with van der Waals surface area (Å²) >= 11 is 0. The van der Waals surface area contributed by atoms with Gasteiger partial charge < -0.3 is 24.3 Å². The molecule has 0 spiro atoms. The molecule has 0 aromatic heterocycles. The van der Waals surface area contributed by atoms with Crippen LogP contribution in [-0.2, 0) is 18.8 Å².